The van der Waals surface area contributed by atoms with Gasteiger partial charge in [-0.05, 0) is 0 Å². The van der Waals surface area contributed by atoms with Crippen LogP contribution in [0.25, 0.3) is 21.5 Å². The molecule has 1 aliphatic carbocycles. The van der Waals surface area contributed by atoms with Crippen LogP contribution in [-0.4, -0.2) is 21.6 Å². The van der Waals surface area contributed by atoms with Crippen LogP contribution in [-0.2, 0) is 23.3 Å². The molecule has 4 heteroatoms. The van der Waals surface area contributed by atoms with Crippen LogP contribution in [0.4, 0.5) is 0 Å². The van der Waals surface area contributed by atoms with Gasteiger partial charge in [-0.1, -0.05) is 73.9 Å². The van der Waals surface area contributed by atoms with E-state index in [-0.39, 0.29) is 0 Å². The molecular weight excluding hydrogens is 500 g/mol. The van der Waals surface area contributed by atoms with Gasteiger partial charge in [0, 0.05) is 0 Å². The fraction of sp³-hybridized carbons (Fsp3) is 0.370. The van der Waals surface area contributed by atoms with E-state index in [0.717, 1.165) is 6.42 Å². The van der Waals surface area contributed by atoms with Crippen molar-refractivity contribution in [3.8, 4) is 0 Å². The number of hydrogen-bond acceptors (Lipinski definition) is 0. The first-order valence-electron chi connectivity index (χ1n) is 11.5. The van der Waals surface area contributed by atoms with Gasteiger partial charge in [0.25, 0.3) is 0 Å². The molecule has 5 rings (SSSR count). The van der Waals surface area contributed by atoms with Gasteiger partial charge in [-0.3, -0.25) is 6.08 Å². The Bertz CT molecular complexity index is 1040. The van der Waals surface area contributed by atoms with E-state index < -0.39 is 16.1 Å². The Morgan fingerprint density at radius 3 is 1.58 bits per heavy atom. The Morgan fingerprint density at radius 1 is 0.839 bits per heavy atom. The zero-order valence-electron chi connectivity index (χ0n) is 20.1. The monoisotopic (exact) mass is 534 g/mol. The van der Waals surface area contributed by atoms with E-state index in [1.807, 2.05) is 35.5 Å². The molecule has 1 fully saturated rings. The first kappa shape index (κ1) is 25.0. The van der Waals surface area contributed by atoms with Crippen LogP contribution in [0.2, 0.25) is 51.4 Å². The summed E-state index contributed by atoms with van der Waals surface area (Å²) < 4.78 is 0. The van der Waals surface area contributed by atoms with Crippen molar-refractivity contribution in [2.45, 2.75) is 64.2 Å². The fourth-order valence-corrected chi connectivity index (χ4v) is 9.31. The van der Waals surface area contributed by atoms with Gasteiger partial charge in [-0.25, -0.2) is 12.2 Å². The van der Waals surface area contributed by atoms with Crippen molar-refractivity contribution in [2.24, 2.45) is 0 Å². The summed E-state index contributed by atoms with van der Waals surface area (Å²) in [6.45, 7) is 14.5. The second kappa shape index (κ2) is 10.5. The molecule has 0 bridgehead atoms. The van der Waals surface area contributed by atoms with Crippen molar-refractivity contribution < 1.29 is 23.3 Å². The van der Waals surface area contributed by atoms with E-state index in [2.05, 4.69) is 93.9 Å². The molecule has 0 spiro atoms. The Morgan fingerprint density at radius 2 is 1.32 bits per heavy atom. The van der Waals surface area contributed by atoms with Gasteiger partial charge in [-0.15, -0.1) is 46.2 Å². The summed E-state index contributed by atoms with van der Waals surface area (Å²) in [6.07, 6.45) is 11.6. The number of rotatable bonds is 2. The van der Waals surface area contributed by atoms with E-state index in [1.54, 1.807) is 28.9 Å². The molecule has 0 aromatic heterocycles. The SMILES string of the molecule is C[Si](C)(C)c1ccc2c(c1)[cH-]c1cc([Si](C)(C)C)ccc12.[C-]1=CC=CC1.[Zr+2]=[Si]1CCC1. The average Bonchev–Trinajstić information content (AvgIpc) is 3.35. The van der Waals surface area contributed by atoms with Crippen LogP contribution < -0.4 is 10.4 Å². The third kappa shape index (κ3) is 6.90. The van der Waals surface area contributed by atoms with E-state index in [0.29, 0.717) is 5.43 Å². The summed E-state index contributed by atoms with van der Waals surface area (Å²) in [6, 6.07) is 19.9. The van der Waals surface area contributed by atoms with E-state index in [4.69, 9.17) is 0 Å². The second-order valence-corrected chi connectivity index (χ2v) is 28.3. The van der Waals surface area contributed by atoms with E-state index >= 15 is 0 Å². The van der Waals surface area contributed by atoms with Gasteiger partial charge in [0.1, 0.15) is 0 Å². The summed E-state index contributed by atoms with van der Waals surface area (Å²) in [5, 5.41) is 8.75. The van der Waals surface area contributed by atoms with Crippen LogP contribution in [0.15, 0.2) is 60.7 Å². The van der Waals surface area contributed by atoms with Crippen molar-refractivity contribution in [1.82, 2.24) is 0 Å². The second-order valence-electron chi connectivity index (χ2n) is 10.7. The van der Waals surface area contributed by atoms with Crippen LogP contribution in [0, 0.1) is 6.08 Å². The van der Waals surface area contributed by atoms with Crippen molar-refractivity contribution in [3.05, 3.63) is 66.8 Å². The van der Waals surface area contributed by atoms with Gasteiger partial charge < -0.3 is 0 Å². The molecule has 2 aliphatic rings. The maximum absolute atomic E-state index is 2.99. The Kier molecular flexibility index (Phi) is 8.46. The van der Waals surface area contributed by atoms with Crippen molar-refractivity contribution in [1.29, 1.82) is 0 Å². The summed E-state index contributed by atoms with van der Waals surface area (Å²) in [4.78, 5) is 0. The van der Waals surface area contributed by atoms with E-state index in [1.165, 1.54) is 21.5 Å². The minimum absolute atomic E-state index is 0.397. The van der Waals surface area contributed by atoms with Crippen molar-refractivity contribution in [2.75, 3.05) is 0 Å². The number of fused-ring (bicyclic) bond motifs is 3. The van der Waals surface area contributed by atoms with Crippen molar-refractivity contribution in [3.63, 3.8) is 0 Å². The average molecular weight is 536 g/mol. The summed E-state index contributed by atoms with van der Waals surface area (Å²) in [7, 11) is -2.47. The molecule has 0 unspecified atom stereocenters. The molecule has 31 heavy (non-hydrogen) atoms. The van der Waals surface area contributed by atoms with Gasteiger partial charge in [0.15, 0.2) is 0 Å². The van der Waals surface area contributed by atoms with Gasteiger partial charge in [-0.2, -0.15) is 6.08 Å². The zero-order chi connectivity index (χ0) is 22.6. The molecule has 1 saturated heterocycles. The summed E-state index contributed by atoms with van der Waals surface area (Å²) in [5.41, 5.74) is 0.397. The predicted octanol–water partition coefficient (Wildman–Crippen LogP) is 7.04. The number of hydrogen-bond donors (Lipinski definition) is 0. The van der Waals surface area contributed by atoms with Gasteiger partial charge in [0.05, 0.1) is 16.1 Å². The molecule has 0 atom stereocenters. The van der Waals surface area contributed by atoms with Gasteiger partial charge >= 0.3 is 47.3 Å². The first-order valence-corrected chi connectivity index (χ1v) is 24.1. The van der Waals surface area contributed by atoms with E-state index in [9.17, 15) is 0 Å². The molecule has 0 nitrogen and oxygen atoms in total. The van der Waals surface area contributed by atoms with Crippen LogP contribution >= 0.6 is 0 Å². The number of benzene rings is 2. The topological polar surface area (TPSA) is 0 Å². The molecule has 3 aromatic rings. The Balaban J connectivity index is 0.000000221. The summed E-state index contributed by atoms with van der Waals surface area (Å²) in [5.74, 6) is 0. The molecule has 1 aliphatic heterocycles. The molecular formula is C27H36Si3Zr. The third-order valence-corrected chi connectivity index (χ3v) is 15.7. The third-order valence-electron chi connectivity index (χ3n) is 5.98. The molecule has 0 amide bonds. The Labute approximate surface area is 206 Å². The summed E-state index contributed by atoms with van der Waals surface area (Å²) >= 11 is 1.86. The fourth-order valence-electron chi connectivity index (χ4n) is 3.65. The normalized spacial score (nSPS) is 15.4. The predicted molar refractivity (Wildman–Crippen MR) is 145 cm³/mol. The maximum atomic E-state index is 2.99. The van der Waals surface area contributed by atoms with Crippen molar-refractivity contribution >= 4 is 53.5 Å². The molecule has 0 saturated carbocycles. The first-order chi connectivity index (χ1) is 14.6. The zero-order valence-corrected chi connectivity index (χ0v) is 25.6. The minimum atomic E-state index is -1.23. The Hall–Kier alpha value is -0.676. The standard InChI is InChI=1S/C19H25Si2.C5H5.C3H6Si.Zr/c1-20(2,3)16-7-9-18-14(12-16)11-15-13-17(21(4,5)6)8-10-19(15)18;1-2-4-5-3-1;1-2-4-3-1;/h7-13H,1-6H3;1-3H,4H2;1-3H2;/q2*-1;;+2. The number of allylic oxidation sites excluding steroid dienone is 4. The van der Waals surface area contributed by atoms with Gasteiger partial charge in [0.2, 0.25) is 0 Å². The molecule has 160 valence electrons. The molecule has 3 aromatic carbocycles. The molecule has 0 radical (unpaired) electrons. The van der Waals surface area contributed by atoms with Crippen LogP contribution in [0.3, 0.4) is 0 Å². The van der Waals surface area contributed by atoms with Crippen LogP contribution in [0.1, 0.15) is 12.8 Å². The molecule has 1 heterocycles. The molecule has 0 N–H and O–H groups in total. The van der Waals surface area contributed by atoms with Crippen LogP contribution in [0.5, 0.6) is 0 Å². The quantitative estimate of drug-likeness (QED) is 0.244.